The molecular formula is C29H26N2O6S. The summed E-state index contributed by atoms with van der Waals surface area (Å²) in [6.07, 6.45) is -0.339. The Bertz CT molecular complexity index is 1640. The van der Waals surface area contributed by atoms with Gasteiger partial charge in [-0.2, -0.15) is 0 Å². The smallest absolute Gasteiger partial charge is 0.244 e. The Hall–Kier alpha value is -4.37. The van der Waals surface area contributed by atoms with Crippen LogP contribution in [-0.4, -0.2) is 41.0 Å². The van der Waals surface area contributed by atoms with Crippen molar-refractivity contribution in [3.05, 3.63) is 90.5 Å². The predicted molar refractivity (Wildman–Crippen MR) is 145 cm³/mol. The Morgan fingerprint density at radius 3 is 2.42 bits per heavy atom. The number of sulfone groups is 1. The summed E-state index contributed by atoms with van der Waals surface area (Å²) < 4.78 is 38.3. The lowest BCUT2D eigenvalue weighted by Crippen LogP contribution is -2.38. The standard InChI is InChI=1S/C29H26N2O6S/c1-36-24-15-14-20(16-25(24)37-2)27-17-29(33)31(23-12-5-6-13-26(23)38(27,34)35)18-28(32)30-22-11-7-9-19-8-3-4-10-21(19)22/h3-16,27H,17-18H2,1-2H3,(H,30,32). The monoisotopic (exact) mass is 530 g/mol. The molecule has 0 aromatic heterocycles. The van der Waals surface area contributed by atoms with Gasteiger partial charge in [-0.25, -0.2) is 8.42 Å². The second kappa shape index (κ2) is 10.2. The zero-order valence-electron chi connectivity index (χ0n) is 20.9. The van der Waals surface area contributed by atoms with E-state index in [1.54, 1.807) is 42.5 Å². The number of hydrogen-bond donors (Lipinski definition) is 1. The van der Waals surface area contributed by atoms with Gasteiger partial charge in [-0.15, -0.1) is 0 Å². The molecule has 5 rings (SSSR count). The second-order valence-corrected chi connectivity index (χ2v) is 11.0. The highest BCUT2D eigenvalue weighted by Gasteiger charge is 2.40. The topological polar surface area (TPSA) is 102 Å². The molecule has 0 spiro atoms. The zero-order chi connectivity index (χ0) is 26.9. The maximum Gasteiger partial charge on any atom is 0.244 e. The molecule has 4 aromatic rings. The molecule has 0 aliphatic carbocycles. The second-order valence-electron chi connectivity index (χ2n) is 8.87. The van der Waals surface area contributed by atoms with Crippen LogP contribution in [0, 0.1) is 0 Å². The van der Waals surface area contributed by atoms with E-state index in [-0.39, 0.29) is 23.5 Å². The molecule has 1 atom stereocenters. The van der Waals surface area contributed by atoms with Gasteiger partial charge in [0.25, 0.3) is 0 Å². The van der Waals surface area contributed by atoms with Gasteiger partial charge in [0.15, 0.2) is 21.3 Å². The zero-order valence-corrected chi connectivity index (χ0v) is 21.7. The molecule has 194 valence electrons. The summed E-state index contributed by atoms with van der Waals surface area (Å²) in [5, 5.41) is 3.54. The molecule has 38 heavy (non-hydrogen) atoms. The van der Waals surface area contributed by atoms with Gasteiger partial charge < -0.3 is 19.7 Å². The normalized spacial score (nSPS) is 16.4. The summed E-state index contributed by atoms with van der Waals surface area (Å²) in [6, 6.07) is 24.3. The van der Waals surface area contributed by atoms with Crippen LogP contribution in [0.25, 0.3) is 10.8 Å². The van der Waals surface area contributed by atoms with Gasteiger partial charge in [-0.3, -0.25) is 9.59 Å². The molecule has 1 unspecified atom stereocenters. The summed E-state index contributed by atoms with van der Waals surface area (Å²) in [6.45, 7) is -0.340. The van der Waals surface area contributed by atoms with Crippen molar-refractivity contribution in [2.24, 2.45) is 0 Å². The van der Waals surface area contributed by atoms with E-state index >= 15 is 0 Å². The predicted octanol–water partition coefficient (Wildman–Crippen LogP) is 4.75. The van der Waals surface area contributed by atoms with E-state index in [2.05, 4.69) is 5.32 Å². The van der Waals surface area contributed by atoms with E-state index < -0.39 is 26.9 Å². The third kappa shape index (κ3) is 4.56. The maximum absolute atomic E-state index is 13.8. The third-order valence-electron chi connectivity index (χ3n) is 6.64. The van der Waals surface area contributed by atoms with Crippen molar-refractivity contribution >= 4 is 43.8 Å². The maximum atomic E-state index is 13.8. The fraction of sp³-hybridized carbons (Fsp3) is 0.172. The first-order valence-electron chi connectivity index (χ1n) is 12.0. The number of hydrogen-bond acceptors (Lipinski definition) is 6. The van der Waals surface area contributed by atoms with Crippen LogP contribution in [0.3, 0.4) is 0 Å². The molecule has 9 heteroatoms. The van der Waals surface area contributed by atoms with Crippen LogP contribution in [0.15, 0.2) is 89.8 Å². The van der Waals surface area contributed by atoms with E-state index in [0.717, 1.165) is 10.8 Å². The first kappa shape index (κ1) is 25.3. The molecule has 0 radical (unpaired) electrons. The van der Waals surface area contributed by atoms with Crippen molar-refractivity contribution in [2.75, 3.05) is 31.0 Å². The number of ether oxygens (including phenoxy) is 2. The highest BCUT2D eigenvalue weighted by Crippen LogP contribution is 2.42. The Kier molecular flexibility index (Phi) is 6.77. The van der Waals surface area contributed by atoms with Gasteiger partial charge in [0.2, 0.25) is 11.8 Å². The Labute approximate surface area is 220 Å². The quantitative estimate of drug-likeness (QED) is 0.386. The van der Waals surface area contributed by atoms with Gasteiger partial charge in [0, 0.05) is 17.5 Å². The molecule has 1 aliphatic heterocycles. The molecule has 1 N–H and O–H groups in total. The van der Waals surface area contributed by atoms with Crippen LogP contribution in [0.4, 0.5) is 11.4 Å². The number of benzene rings is 4. The van der Waals surface area contributed by atoms with Crippen molar-refractivity contribution in [1.82, 2.24) is 0 Å². The lowest BCUT2D eigenvalue weighted by atomic mass is 10.1. The summed E-state index contributed by atoms with van der Waals surface area (Å²) in [5.74, 6) is -0.116. The van der Waals surface area contributed by atoms with Gasteiger partial charge in [0.1, 0.15) is 6.54 Å². The average Bonchev–Trinajstić information content (AvgIpc) is 3.01. The van der Waals surface area contributed by atoms with Crippen molar-refractivity contribution in [3.8, 4) is 11.5 Å². The first-order chi connectivity index (χ1) is 18.3. The number of rotatable bonds is 6. The Morgan fingerprint density at radius 2 is 1.63 bits per heavy atom. The van der Waals surface area contributed by atoms with Crippen LogP contribution in [-0.2, 0) is 19.4 Å². The van der Waals surface area contributed by atoms with E-state index in [1.807, 2.05) is 36.4 Å². The minimum atomic E-state index is -4.00. The summed E-state index contributed by atoms with van der Waals surface area (Å²) in [4.78, 5) is 28.0. The van der Waals surface area contributed by atoms with Gasteiger partial charge in [-0.05, 0) is 41.3 Å². The molecule has 1 heterocycles. The van der Waals surface area contributed by atoms with Crippen molar-refractivity contribution < 1.29 is 27.5 Å². The Balaban J connectivity index is 1.50. The van der Waals surface area contributed by atoms with E-state index in [9.17, 15) is 18.0 Å². The number of carbonyl (C=O) groups is 2. The van der Waals surface area contributed by atoms with E-state index in [4.69, 9.17) is 9.47 Å². The molecule has 0 saturated carbocycles. The minimum Gasteiger partial charge on any atom is -0.493 e. The van der Waals surface area contributed by atoms with Gasteiger partial charge in [0.05, 0.1) is 30.1 Å². The molecule has 4 aromatic carbocycles. The fourth-order valence-electron chi connectivity index (χ4n) is 4.78. The van der Waals surface area contributed by atoms with Gasteiger partial charge >= 0.3 is 0 Å². The summed E-state index contributed by atoms with van der Waals surface area (Å²) >= 11 is 0. The first-order valence-corrected chi connectivity index (χ1v) is 13.5. The lowest BCUT2D eigenvalue weighted by Gasteiger charge is -2.22. The summed E-state index contributed by atoms with van der Waals surface area (Å²) in [5.41, 5.74) is 1.18. The van der Waals surface area contributed by atoms with Crippen LogP contribution in [0.1, 0.15) is 17.2 Å². The molecule has 2 amide bonds. The SMILES string of the molecule is COc1ccc(C2CC(=O)N(CC(=O)Nc3cccc4ccccc34)c3ccccc3S2(=O)=O)cc1OC. The average molecular weight is 531 g/mol. The molecule has 8 nitrogen and oxygen atoms in total. The third-order valence-corrected chi connectivity index (χ3v) is 8.79. The van der Waals surface area contributed by atoms with Crippen molar-refractivity contribution in [1.29, 1.82) is 0 Å². The number of amides is 2. The molecular weight excluding hydrogens is 504 g/mol. The number of nitrogens with zero attached hydrogens (tertiary/aromatic N) is 1. The highest BCUT2D eigenvalue weighted by molar-refractivity contribution is 7.92. The molecule has 1 aliphatic rings. The summed E-state index contributed by atoms with van der Waals surface area (Å²) in [7, 11) is -1.05. The van der Waals surface area contributed by atoms with Crippen LogP contribution < -0.4 is 19.7 Å². The van der Waals surface area contributed by atoms with Crippen molar-refractivity contribution in [2.45, 2.75) is 16.6 Å². The number of fused-ring (bicyclic) bond motifs is 2. The number of anilines is 2. The van der Waals surface area contributed by atoms with Crippen LogP contribution in [0.5, 0.6) is 11.5 Å². The fourth-order valence-corrected chi connectivity index (χ4v) is 6.69. The minimum absolute atomic E-state index is 0.0106. The van der Waals surface area contributed by atoms with E-state index in [1.165, 1.54) is 25.2 Å². The molecule has 0 bridgehead atoms. The number of nitrogens with one attached hydrogen (secondary N) is 1. The largest absolute Gasteiger partial charge is 0.493 e. The lowest BCUT2D eigenvalue weighted by molar-refractivity contribution is -0.121. The highest BCUT2D eigenvalue weighted by atomic mass is 32.2. The number of methoxy groups -OCH3 is 2. The molecule has 0 fully saturated rings. The van der Waals surface area contributed by atoms with Crippen LogP contribution >= 0.6 is 0 Å². The number of carbonyl (C=O) groups excluding carboxylic acids is 2. The Morgan fingerprint density at radius 1 is 0.921 bits per heavy atom. The van der Waals surface area contributed by atoms with E-state index in [0.29, 0.717) is 22.7 Å². The number of para-hydroxylation sites is 1. The molecule has 0 saturated heterocycles. The van der Waals surface area contributed by atoms with Gasteiger partial charge in [-0.1, -0.05) is 54.6 Å². The van der Waals surface area contributed by atoms with Crippen molar-refractivity contribution in [3.63, 3.8) is 0 Å². The van der Waals surface area contributed by atoms with Crippen LogP contribution in [0.2, 0.25) is 0 Å².